The van der Waals surface area contributed by atoms with E-state index >= 15 is 0 Å². The smallest absolute Gasteiger partial charge is 0.237 e. The first-order chi connectivity index (χ1) is 10.9. The van der Waals surface area contributed by atoms with Gasteiger partial charge in [-0.15, -0.1) is 16.8 Å². The van der Waals surface area contributed by atoms with Crippen LogP contribution < -0.4 is 5.32 Å². The maximum absolute atomic E-state index is 12.5. The Bertz CT molecular complexity index is 703. The van der Waals surface area contributed by atoms with Crippen molar-refractivity contribution in [2.45, 2.75) is 44.6 Å². The highest BCUT2D eigenvalue weighted by atomic mass is 32.2. The van der Waals surface area contributed by atoms with Gasteiger partial charge in [0.2, 0.25) is 5.91 Å². The van der Waals surface area contributed by atoms with Crippen molar-refractivity contribution >= 4 is 23.4 Å². The molecule has 0 spiro atoms. The van der Waals surface area contributed by atoms with E-state index in [4.69, 9.17) is 0 Å². The first-order valence-electron chi connectivity index (χ1n) is 7.48. The fourth-order valence-electron chi connectivity index (χ4n) is 2.24. The number of hydrogen-bond acceptors (Lipinski definition) is 4. The number of aryl methyl sites for hydroxylation is 3. The van der Waals surface area contributed by atoms with E-state index in [0.717, 1.165) is 27.8 Å². The molecule has 6 heteroatoms. The summed E-state index contributed by atoms with van der Waals surface area (Å²) in [5, 5.41) is 11.7. The Labute approximate surface area is 141 Å². The van der Waals surface area contributed by atoms with Crippen molar-refractivity contribution in [3.8, 4) is 0 Å². The molecule has 1 aromatic heterocycles. The van der Waals surface area contributed by atoms with Gasteiger partial charge in [-0.1, -0.05) is 36.0 Å². The lowest BCUT2D eigenvalue weighted by Gasteiger charge is -2.15. The highest BCUT2D eigenvalue weighted by molar-refractivity contribution is 8.00. The van der Waals surface area contributed by atoms with Crippen LogP contribution in [0.1, 0.15) is 23.9 Å². The lowest BCUT2D eigenvalue weighted by atomic mass is 10.1. The molecule has 2 rings (SSSR count). The molecule has 0 fully saturated rings. The molecule has 0 bridgehead atoms. The molecule has 0 saturated carbocycles. The number of amides is 1. The first kappa shape index (κ1) is 17.3. The van der Waals surface area contributed by atoms with E-state index < -0.39 is 0 Å². The van der Waals surface area contributed by atoms with E-state index in [2.05, 4.69) is 22.1 Å². The molecule has 1 atom stereocenters. The molecule has 1 aromatic carbocycles. The molecule has 0 aliphatic heterocycles. The second kappa shape index (κ2) is 7.46. The molecule has 1 amide bonds. The minimum Gasteiger partial charge on any atom is -0.325 e. The van der Waals surface area contributed by atoms with Crippen LogP contribution in [0, 0.1) is 20.8 Å². The van der Waals surface area contributed by atoms with Gasteiger partial charge in [-0.25, -0.2) is 0 Å². The molecule has 5 nitrogen and oxygen atoms in total. The van der Waals surface area contributed by atoms with Gasteiger partial charge in [0.05, 0.1) is 5.25 Å². The van der Waals surface area contributed by atoms with E-state index in [1.54, 1.807) is 6.08 Å². The summed E-state index contributed by atoms with van der Waals surface area (Å²) in [6, 6.07) is 5.97. The molecular weight excluding hydrogens is 308 g/mol. The Morgan fingerprint density at radius 2 is 2.00 bits per heavy atom. The molecule has 0 aliphatic rings. The number of rotatable bonds is 6. The number of para-hydroxylation sites is 1. The van der Waals surface area contributed by atoms with Gasteiger partial charge in [0.15, 0.2) is 5.16 Å². The summed E-state index contributed by atoms with van der Waals surface area (Å²) in [5.74, 6) is 0.771. The Morgan fingerprint density at radius 3 is 2.61 bits per heavy atom. The second-order valence-corrected chi connectivity index (χ2v) is 6.75. The molecular formula is C17H22N4OS. The van der Waals surface area contributed by atoms with Gasteiger partial charge in [-0.3, -0.25) is 4.79 Å². The van der Waals surface area contributed by atoms with Gasteiger partial charge >= 0.3 is 0 Å². The average Bonchev–Trinajstić information content (AvgIpc) is 2.84. The van der Waals surface area contributed by atoms with Crippen LogP contribution in [0.25, 0.3) is 0 Å². The number of nitrogens with zero attached hydrogens (tertiary/aromatic N) is 3. The van der Waals surface area contributed by atoms with E-state index in [9.17, 15) is 4.79 Å². The fourth-order valence-corrected chi connectivity index (χ4v) is 3.14. The topological polar surface area (TPSA) is 59.8 Å². The maximum atomic E-state index is 12.5. The zero-order valence-electron chi connectivity index (χ0n) is 14.0. The van der Waals surface area contributed by atoms with Gasteiger partial charge in [0, 0.05) is 12.2 Å². The summed E-state index contributed by atoms with van der Waals surface area (Å²) in [4.78, 5) is 12.5. The predicted octanol–water partition coefficient (Wildman–Crippen LogP) is 3.51. The molecule has 0 unspecified atom stereocenters. The van der Waals surface area contributed by atoms with Gasteiger partial charge in [-0.05, 0) is 38.8 Å². The average molecular weight is 330 g/mol. The minimum absolute atomic E-state index is 0.0433. The molecule has 122 valence electrons. The first-order valence-corrected chi connectivity index (χ1v) is 8.36. The Hall–Kier alpha value is -2.08. The number of benzene rings is 1. The fraction of sp³-hybridized carbons (Fsp3) is 0.353. The number of aromatic nitrogens is 3. The number of allylic oxidation sites excluding steroid dienone is 1. The van der Waals surface area contributed by atoms with Crippen LogP contribution in [0.3, 0.4) is 0 Å². The summed E-state index contributed by atoms with van der Waals surface area (Å²) in [7, 11) is 0. The number of carbonyl (C=O) groups excluding carboxylic acids is 1. The number of anilines is 1. The van der Waals surface area contributed by atoms with Crippen molar-refractivity contribution in [2.24, 2.45) is 0 Å². The van der Waals surface area contributed by atoms with Crippen LogP contribution >= 0.6 is 11.8 Å². The Kier molecular flexibility index (Phi) is 5.60. The summed E-state index contributed by atoms with van der Waals surface area (Å²) >= 11 is 1.40. The van der Waals surface area contributed by atoms with Crippen LogP contribution in [0.5, 0.6) is 0 Å². The van der Waals surface area contributed by atoms with Crippen molar-refractivity contribution in [3.05, 3.63) is 47.8 Å². The standard InChI is InChI=1S/C17H22N4OS/c1-6-10-21-14(5)19-20-17(21)23-13(4)16(22)18-15-11(2)8-7-9-12(15)3/h6-9,13H,1,10H2,2-5H3,(H,18,22)/t13-/m1/s1. The molecule has 1 heterocycles. The van der Waals surface area contributed by atoms with Crippen molar-refractivity contribution in [1.82, 2.24) is 14.8 Å². The normalized spacial score (nSPS) is 12.0. The Balaban J connectivity index is 2.10. The van der Waals surface area contributed by atoms with Crippen molar-refractivity contribution in [2.75, 3.05) is 5.32 Å². The van der Waals surface area contributed by atoms with E-state index in [1.165, 1.54) is 11.8 Å². The second-order valence-electron chi connectivity index (χ2n) is 5.45. The summed E-state index contributed by atoms with van der Waals surface area (Å²) in [6.07, 6.45) is 1.79. The Morgan fingerprint density at radius 1 is 1.35 bits per heavy atom. The molecule has 1 N–H and O–H groups in total. The van der Waals surface area contributed by atoms with Crippen LogP contribution in [-0.2, 0) is 11.3 Å². The largest absolute Gasteiger partial charge is 0.325 e. The monoisotopic (exact) mass is 330 g/mol. The van der Waals surface area contributed by atoms with Crippen LogP contribution in [0.15, 0.2) is 36.0 Å². The lowest BCUT2D eigenvalue weighted by Crippen LogP contribution is -2.24. The predicted molar refractivity (Wildman–Crippen MR) is 94.8 cm³/mol. The highest BCUT2D eigenvalue weighted by Crippen LogP contribution is 2.25. The third-order valence-corrected chi connectivity index (χ3v) is 4.67. The summed E-state index contributed by atoms with van der Waals surface area (Å²) in [6.45, 7) is 12.1. The van der Waals surface area contributed by atoms with Crippen molar-refractivity contribution < 1.29 is 4.79 Å². The summed E-state index contributed by atoms with van der Waals surface area (Å²) < 4.78 is 1.94. The quantitative estimate of drug-likeness (QED) is 0.650. The van der Waals surface area contributed by atoms with Gasteiger partial charge in [-0.2, -0.15) is 0 Å². The van der Waals surface area contributed by atoms with E-state index in [0.29, 0.717) is 6.54 Å². The van der Waals surface area contributed by atoms with Crippen LogP contribution in [0.4, 0.5) is 5.69 Å². The lowest BCUT2D eigenvalue weighted by molar-refractivity contribution is -0.115. The van der Waals surface area contributed by atoms with Crippen molar-refractivity contribution in [1.29, 1.82) is 0 Å². The molecule has 2 aromatic rings. The van der Waals surface area contributed by atoms with Crippen LogP contribution in [-0.4, -0.2) is 25.9 Å². The number of hydrogen-bond donors (Lipinski definition) is 1. The third-order valence-electron chi connectivity index (χ3n) is 3.59. The molecule has 0 saturated heterocycles. The molecule has 0 radical (unpaired) electrons. The molecule has 23 heavy (non-hydrogen) atoms. The number of carbonyl (C=O) groups is 1. The zero-order valence-corrected chi connectivity index (χ0v) is 14.8. The molecule has 0 aliphatic carbocycles. The van der Waals surface area contributed by atoms with Gasteiger partial charge < -0.3 is 9.88 Å². The van der Waals surface area contributed by atoms with Crippen LogP contribution in [0.2, 0.25) is 0 Å². The number of thioether (sulfide) groups is 1. The SMILES string of the molecule is C=CCn1c(C)nnc1S[C@H](C)C(=O)Nc1c(C)cccc1C. The number of nitrogens with one attached hydrogen (secondary N) is 1. The van der Waals surface area contributed by atoms with E-state index in [1.807, 2.05) is 50.5 Å². The third kappa shape index (κ3) is 4.01. The van der Waals surface area contributed by atoms with Gasteiger partial charge in [0.25, 0.3) is 0 Å². The highest BCUT2D eigenvalue weighted by Gasteiger charge is 2.19. The maximum Gasteiger partial charge on any atom is 0.237 e. The van der Waals surface area contributed by atoms with Gasteiger partial charge in [0.1, 0.15) is 5.82 Å². The summed E-state index contributed by atoms with van der Waals surface area (Å²) in [5.41, 5.74) is 3.00. The minimum atomic E-state index is -0.277. The van der Waals surface area contributed by atoms with E-state index in [-0.39, 0.29) is 11.2 Å². The van der Waals surface area contributed by atoms with Crippen molar-refractivity contribution in [3.63, 3.8) is 0 Å². The zero-order chi connectivity index (χ0) is 17.0.